The van der Waals surface area contributed by atoms with E-state index in [9.17, 15) is 19.8 Å². The number of aliphatic hydroxyl groups excluding tert-OH is 2. The van der Waals surface area contributed by atoms with Crippen LogP contribution in [0.1, 0.15) is 22.7 Å². The van der Waals surface area contributed by atoms with Crippen molar-refractivity contribution in [3.05, 3.63) is 105 Å². The molecule has 1 atom stereocenters. The number of Topliss-reactive ketones (excluding diaryl/α,β-unsaturated/α-hetero) is 1. The fourth-order valence-electron chi connectivity index (χ4n) is 3.88. The Morgan fingerprint density at radius 3 is 2.47 bits per heavy atom. The molecule has 2 N–H and O–H groups in total. The normalized spacial score (nSPS) is 17.3. The molecule has 0 spiro atoms. The number of ketones is 1. The first kappa shape index (κ1) is 24.0. The van der Waals surface area contributed by atoms with Gasteiger partial charge in [-0.1, -0.05) is 70.0 Å². The lowest BCUT2D eigenvalue weighted by molar-refractivity contribution is -0.140. The molecule has 1 aliphatic rings. The number of ether oxygens (including phenoxy) is 1. The number of nitrogens with zero attached hydrogens (tertiary/aromatic N) is 1. The molecule has 1 unspecified atom stereocenters. The Labute approximate surface area is 210 Å². The van der Waals surface area contributed by atoms with E-state index in [0.717, 1.165) is 10.0 Å². The van der Waals surface area contributed by atoms with Gasteiger partial charge in [-0.3, -0.25) is 9.59 Å². The van der Waals surface area contributed by atoms with E-state index in [1.54, 1.807) is 54.6 Å². The fraction of sp³-hybridized carbons (Fsp3) is 0.154. The summed E-state index contributed by atoms with van der Waals surface area (Å²) >= 11 is 9.57. The average molecular weight is 543 g/mol. The second-order valence-corrected chi connectivity index (χ2v) is 9.00. The molecule has 1 fully saturated rings. The van der Waals surface area contributed by atoms with Crippen LogP contribution in [-0.4, -0.2) is 40.0 Å². The summed E-state index contributed by atoms with van der Waals surface area (Å²) in [5.41, 5.74) is 1.75. The third kappa shape index (κ3) is 4.87. The van der Waals surface area contributed by atoms with Crippen LogP contribution in [0.5, 0.6) is 5.75 Å². The standard InChI is InChI=1S/C26H21BrClNO5/c27-19-10-8-16(9-11-19)23-22(25(32)26(33)29(23)12-13-30)24(31)17-5-3-6-20(14-17)34-15-18-4-1-2-7-21(18)28/h1-11,14,23,30-31H,12-13,15H2/b24-22+. The third-order valence-electron chi connectivity index (χ3n) is 5.53. The highest BCUT2D eigenvalue weighted by molar-refractivity contribution is 9.10. The summed E-state index contributed by atoms with van der Waals surface area (Å²) in [5.74, 6) is -1.42. The van der Waals surface area contributed by atoms with Gasteiger partial charge in [-0.05, 0) is 35.9 Å². The monoisotopic (exact) mass is 541 g/mol. The summed E-state index contributed by atoms with van der Waals surface area (Å²) in [6, 6.07) is 20.3. The molecule has 34 heavy (non-hydrogen) atoms. The molecule has 0 aromatic heterocycles. The van der Waals surface area contributed by atoms with E-state index in [1.165, 1.54) is 4.90 Å². The number of β-amino-alcohol motifs (C(OH)–C–C–N with tert-alkyl or cyclic N) is 1. The van der Waals surface area contributed by atoms with Crippen molar-refractivity contribution in [1.82, 2.24) is 4.90 Å². The third-order valence-corrected chi connectivity index (χ3v) is 6.42. The number of amides is 1. The summed E-state index contributed by atoms with van der Waals surface area (Å²) in [5, 5.41) is 21.2. The number of aliphatic hydroxyl groups is 2. The molecular formula is C26H21BrClNO5. The highest BCUT2D eigenvalue weighted by atomic mass is 79.9. The maximum absolute atomic E-state index is 12.9. The number of rotatable bonds is 7. The largest absolute Gasteiger partial charge is 0.507 e. The SMILES string of the molecule is O=C1C(=O)N(CCO)C(c2ccc(Br)cc2)/C1=C(\O)c1cccc(OCc2ccccc2Cl)c1. The van der Waals surface area contributed by atoms with Crippen molar-refractivity contribution < 1.29 is 24.5 Å². The van der Waals surface area contributed by atoms with Gasteiger partial charge in [-0.15, -0.1) is 0 Å². The van der Waals surface area contributed by atoms with Crippen LogP contribution >= 0.6 is 27.5 Å². The van der Waals surface area contributed by atoms with Crippen molar-refractivity contribution in [1.29, 1.82) is 0 Å². The molecule has 3 aromatic carbocycles. The first-order chi connectivity index (χ1) is 16.4. The number of carbonyl (C=O) groups excluding carboxylic acids is 2. The molecule has 1 amide bonds. The Morgan fingerprint density at radius 1 is 1.03 bits per heavy atom. The average Bonchev–Trinajstić information content (AvgIpc) is 3.09. The first-order valence-corrected chi connectivity index (χ1v) is 11.7. The zero-order valence-corrected chi connectivity index (χ0v) is 20.3. The molecule has 3 aromatic rings. The molecule has 1 aliphatic heterocycles. The van der Waals surface area contributed by atoms with Gasteiger partial charge in [0.05, 0.1) is 18.2 Å². The smallest absolute Gasteiger partial charge is 0.295 e. The predicted molar refractivity (Wildman–Crippen MR) is 132 cm³/mol. The first-order valence-electron chi connectivity index (χ1n) is 10.5. The molecule has 1 heterocycles. The van der Waals surface area contributed by atoms with Gasteiger partial charge >= 0.3 is 0 Å². The lowest BCUT2D eigenvalue weighted by atomic mass is 9.95. The van der Waals surface area contributed by atoms with Crippen LogP contribution < -0.4 is 4.74 Å². The molecule has 0 saturated carbocycles. The van der Waals surface area contributed by atoms with E-state index in [0.29, 0.717) is 21.9 Å². The maximum Gasteiger partial charge on any atom is 0.295 e. The molecule has 1 saturated heterocycles. The molecule has 0 radical (unpaired) electrons. The van der Waals surface area contributed by atoms with E-state index >= 15 is 0 Å². The zero-order chi connectivity index (χ0) is 24.2. The van der Waals surface area contributed by atoms with Gasteiger partial charge in [0.1, 0.15) is 18.1 Å². The molecule has 174 valence electrons. The van der Waals surface area contributed by atoms with Gasteiger partial charge in [-0.2, -0.15) is 0 Å². The number of hydrogen-bond donors (Lipinski definition) is 2. The molecule has 4 rings (SSSR count). The Morgan fingerprint density at radius 2 is 1.76 bits per heavy atom. The summed E-state index contributed by atoms with van der Waals surface area (Å²) in [6.07, 6.45) is 0. The summed E-state index contributed by atoms with van der Waals surface area (Å²) in [4.78, 5) is 26.9. The van der Waals surface area contributed by atoms with Crippen LogP contribution in [0.2, 0.25) is 5.02 Å². The van der Waals surface area contributed by atoms with Gasteiger partial charge in [0.2, 0.25) is 0 Å². The summed E-state index contributed by atoms with van der Waals surface area (Å²) in [6.45, 7) is -0.127. The van der Waals surface area contributed by atoms with Gasteiger partial charge in [0.25, 0.3) is 11.7 Å². The molecule has 6 nitrogen and oxygen atoms in total. The van der Waals surface area contributed by atoms with E-state index in [-0.39, 0.29) is 31.1 Å². The summed E-state index contributed by atoms with van der Waals surface area (Å²) < 4.78 is 6.67. The van der Waals surface area contributed by atoms with Crippen molar-refractivity contribution in [2.45, 2.75) is 12.6 Å². The van der Waals surface area contributed by atoms with Crippen molar-refractivity contribution in [3.63, 3.8) is 0 Å². The summed E-state index contributed by atoms with van der Waals surface area (Å²) in [7, 11) is 0. The Balaban J connectivity index is 1.71. The Kier molecular flexibility index (Phi) is 7.36. The highest BCUT2D eigenvalue weighted by Gasteiger charge is 2.45. The minimum Gasteiger partial charge on any atom is -0.507 e. The van der Waals surface area contributed by atoms with Gasteiger partial charge < -0.3 is 19.8 Å². The van der Waals surface area contributed by atoms with E-state index in [2.05, 4.69) is 15.9 Å². The van der Waals surface area contributed by atoms with E-state index in [4.69, 9.17) is 16.3 Å². The van der Waals surface area contributed by atoms with E-state index in [1.807, 2.05) is 18.2 Å². The number of halogens is 2. The van der Waals surface area contributed by atoms with Gasteiger partial charge in [0.15, 0.2) is 0 Å². The van der Waals surface area contributed by atoms with Crippen molar-refractivity contribution in [2.24, 2.45) is 0 Å². The lowest BCUT2D eigenvalue weighted by Crippen LogP contribution is -2.32. The van der Waals surface area contributed by atoms with Crippen LogP contribution in [0.25, 0.3) is 5.76 Å². The quantitative estimate of drug-likeness (QED) is 0.247. The topological polar surface area (TPSA) is 87.1 Å². The van der Waals surface area contributed by atoms with Gasteiger partial charge in [0, 0.05) is 27.2 Å². The molecule has 8 heteroatoms. The number of hydrogen-bond acceptors (Lipinski definition) is 5. The van der Waals surface area contributed by atoms with Crippen molar-refractivity contribution in [2.75, 3.05) is 13.2 Å². The van der Waals surface area contributed by atoms with Crippen LogP contribution in [0.4, 0.5) is 0 Å². The van der Waals surface area contributed by atoms with E-state index < -0.39 is 17.7 Å². The van der Waals surface area contributed by atoms with Crippen LogP contribution in [0.3, 0.4) is 0 Å². The predicted octanol–water partition coefficient (Wildman–Crippen LogP) is 5.10. The lowest BCUT2D eigenvalue weighted by Gasteiger charge is -2.24. The molecule has 0 aliphatic carbocycles. The Bertz CT molecular complexity index is 1260. The second kappa shape index (κ2) is 10.4. The number of carbonyl (C=O) groups is 2. The van der Waals surface area contributed by atoms with Crippen LogP contribution in [0, 0.1) is 0 Å². The second-order valence-electron chi connectivity index (χ2n) is 7.68. The van der Waals surface area contributed by atoms with Crippen LogP contribution in [-0.2, 0) is 16.2 Å². The van der Waals surface area contributed by atoms with Gasteiger partial charge in [-0.25, -0.2) is 0 Å². The van der Waals surface area contributed by atoms with Crippen molar-refractivity contribution in [3.8, 4) is 5.75 Å². The molecular weight excluding hydrogens is 522 g/mol. The number of likely N-dealkylation sites (tertiary alicyclic amines) is 1. The van der Waals surface area contributed by atoms with Crippen LogP contribution in [0.15, 0.2) is 82.8 Å². The highest BCUT2D eigenvalue weighted by Crippen LogP contribution is 2.39. The van der Waals surface area contributed by atoms with Crippen molar-refractivity contribution >= 4 is 45.0 Å². The zero-order valence-electron chi connectivity index (χ0n) is 17.9. The minimum absolute atomic E-state index is 0.0379. The fourth-order valence-corrected chi connectivity index (χ4v) is 4.33. The Hall–Kier alpha value is -3.13. The maximum atomic E-state index is 12.9. The minimum atomic E-state index is -0.826. The molecule has 0 bridgehead atoms. The number of benzene rings is 3.